The molecule has 0 aliphatic heterocycles. The average molecular weight is 1570 g/mol. The molecule has 0 aromatic heterocycles. The van der Waals surface area contributed by atoms with Gasteiger partial charge >= 0.3 is 54.3 Å². The van der Waals surface area contributed by atoms with Gasteiger partial charge in [-0.25, -0.2) is 0 Å². The van der Waals surface area contributed by atoms with Crippen molar-refractivity contribution in [3.05, 3.63) is 0 Å². The smallest absolute Gasteiger partial charge is 0.398 e. The summed E-state index contributed by atoms with van der Waals surface area (Å²) in [6, 6.07) is 0. The van der Waals surface area contributed by atoms with Gasteiger partial charge < -0.3 is 87.7 Å². The molecule has 0 saturated heterocycles. The molecule has 0 bridgehead atoms. The summed E-state index contributed by atoms with van der Waals surface area (Å²) in [6.45, 7) is 0. The maximum atomic E-state index is 11.2. The molecule has 0 heterocycles. The Morgan fingerprint density at radius 2 is 0.452 bits per heavy atom. The second-order valence-electron chi connectivity index (χ2n) is 3.70. The van der Waals surface area contributed by atoms with Gasteiger partial charge in [0, 0.05) is 134 Å². The quantitative estimate of drug-likeness (QED) is 0.0942. The van der Waals surface area contributed by atoms with E-state index >= 15 is 0 Å². The van der Waals surface area contributed by atoms with Gasteiger partial charge in [-0.15, -0.1) is 0 Å². The number of hydrogen-bond donors (Lipinski definition) is 8. The fourth-order valence-electron chi connectivity index (χ4n) is 0.908. The molecule has 6 radical (unpaired) electrons. The zero-order valence-electron chi connectivity index (χ0n) is 13.8. The minimum atomic E-state index is -6.55. The van der Waals surface area contributed by atoms with Gasteiger partial charge in [-0.05, 0) is 0 Å². The second-order valence-corrected chi connectivity index (χ2v) is 14.2. The van der Waals surface area contributed by atoms with Crippen LogP contribution in [-0.4, -0.2) is 92.7 Å². The summed E-state index contributed by atoms with van der Waals surface area (Å²) in [7, 11) is -37.9. The third-order valence-electron chi connectivity index (χ3n) is 1.30. The summed E-state index contributed by atoms with van der Waals surface area (Å²) in [6.07, 6.45) is 0. The third-order valence-corrected chi connectivity index (χ3v) is 11.7. The Hall–Kier alpha value is 4.98. The summed E-state index contributed by atoms with van der Waals surface area (Å²) in [5.41, 5.74) is 0. The zero-order chi connectivity index (χ0) is 20.5. The first-order valence-corrected chi connectivity index (χ1v) is 15.2. The van der Waals surface area contributed by atoms with E-state index in [1.165, 1.54) is 0 Å². The van der Waals surface area contributed by atoms with Crippen molar-refractivity contribution >= 4 is 54.3 Å². The topological polar surface area (TPSA) is 346 Å². The van der Waals surface area contributed by atoms with Crippen molar-refractivity contribution in [1.29, 1.82) is 0 Å². The fraction of sp³-hybridized carbons (Fsp3) is 0. The Morgan fingerprint density at radius 1 is 0.323 bits per heavy atom. The molecule has 0 fully saturated rings. The molecule has 0 aliphatic carbocycles. The number of rotatable bonds is 10. The van der Waals surface area contributed by atoms with E-state index in [1.807, 2.05) is 0 Å². The molecule has 0 aliphatic rings. The molecule has 4 unspecified atom stereocenters. The monoisotopic (exact) mass is 1570 g/mol. The van der Waals surface area contributed by atoms with Gasteiger partial charge in [0.05, 0.1) is 0 Å². The van der Waals surface area contributed by atoms with E-state index in [2.05, 4.69) is 20.6 Å². The van der Waals surface area contributed by atoms with Gasteiger partial charge in [0.1, 0.15) is 0 Å². The van der Waals surface area contributed by atoms with Crippen LogP contribution in [0.2, 0.25) is 0 Å². The van der Waals surface area contributed by atoms with E-state index in [0.717, 1.165) is 0 Å². The predicted molar refractivity (Wildman–Crippen MR) is 57.7 cm³/mol. The first kappa shape index (κ1) is 52.4. The average Bonchev–Trinajstić information content (AvgIpc) is 1.97. The summed E-state index contributed by atoms with van der Waals surface area (Å²) >= 11 is 0. The molecule has 0 amide bonds. The third kappa shape index (κ3) is 31.1. The van der Waals surface area contributed by atoms with Crippen LogP contribution in [-0.2, 0) is 155 Å². The fourth-order valence-corrected chi connectivity index (χ4v) is 9.67. The molecular formula is H8O19Si6Ta6-6. The van der Waals surface area contributed by atoms with Crippen LogP contribution >= 0.6 is 0 Å². The first-order valence-electron chi connectivity index (χ1n) is 5.05. The van der Waals surface area contributed by atoms with Crippen LogP contribution in [0.25, 0.3) is 0 Å². The van der Waals surface area contributed by atoms with Gasteiger partial charge in [0.2, 0.25) is 0 Å². The zero-order valence-corrected chi connectivity index (χ0v) is 39.0. The van der Waals surface area contributed by atoms with Crippen molar-refractivity contribution in [3.8, 4) is 0 Å². The molecule has 8 N–H and O–H groups in total. The SMILES string of the molecule is [O-][Si](O)(O)O[Si]([O-])(O)O[Si]([O-])(O)O[Si]([O-])(O)O[Si]([O-])(O)O[Si]([O-])(O)O.[Ta].[Ta].[Ta].[Ta].[Ta].[Ta]. The molecule has 4 atom stereocenters. The van der Waals surface area contributed by atoms with E-state index in [4.69, 9.17) is 38.4 Å². The van der Waals surface area contributed by atoms with E-state index in [9.17, 15) is 28.8 Å². The molecule has 0 spiro atoms. The van der Waals surface area contributed by atoms with Crippen LogP contribution in [0.15, 0.2) is 0 Å². The first-order chi connectivity index (χ1) is 10.5. The van der Waals surface area contributed by atoms with Crippen molar-refractivity contribution in [2.24, 2.45) is 0 Å². The molecule has 0 rings (SSSR count). The van der Waals surface area contributed by atoms with Crippen LogP contribution in [0, 0.1) is 0 Å². The molecule has 0 aromatic carbocycles. The molecule has 0 saturated carbocycles. The van der Waals surface area contributed by atoms with Crippen LogP contribution in [0.4, 0.5) is 0 Å². The van der Waals surface area contributed by atoms with E-state index in [-0.39, 0.29) is 134 Å². The molecule has 0 aromatic rings. The Labute approximate surface area is 272 Å². The van der Waals surface area contributed by atoms with Gasteiger partial charge in [-0.3, -0.25) is 0 Å². The molecular weight excluding hydrogens is 1560 g/mol. The van der Waals surface area contributed by atoms with Crippen molar-refractivity contribution in [1.82, 2.24) is 0 Å². The summed E-state index contributed by atoms with van der Waals surface area (Å²) in [5.74, 6) is 0. The van der Waals surface area contributed by atoms with Crippen LogP contribution in [0.5, 0.6) is 0 Å². The molecule has 19 nitrogen and oxygen atoms in total. The molecule has 182 valence electrons. The van der Waals surface area contributed by atoms with Crippen LogP contribution < -0.4 is 28.8 Å². The van der Waals surface area contributed by atoms with Gasteiger partial charge in [0.15, 0.2) is 0 Å². The van der Waals surface area contributed by atoms with Gasteiger partial charge in [-0.2, -0.15) is 0 Å². The normalized spacial score (nSPS) is 18.8. The Balaban J connectivity index is -0.000000192. The maximum absolute atomic E-state index is 11.2. The van der Waals surface area contributed by atoms with Gasteiger partial charge in [-0.1, -0.05) is 0 Å². The maximum Gasteiger partial charge on any atom is 0.398 e. The summed E-state index contributed by atoms with van der Waals surface area (Å²) < 4.78 is 15.9. The van der Waals surface area contributed by atoms with Crippen molar-refractivity contribution in [2.45, 2.75) is 0 Å². The Bertz CT molecular complexity index is 406. The molecule has 31 heteroatoms. The van der Waals surface area contributed by atoms with E-state index < -0.39 is 54.3 Å². The standard InChI is InChI=1S/H8O19Si6.6Ta/c1-20(2,3)15-22(7,8)17-24(11,12)19-25(13,14)18-23(9,10)16-21(4,5)6;;;;;;/h1-2,4-5,7,9,11,13H;;;;;;/q-6;;;;;;. The minimum Gasteiger partial charge on any atom is -0.794 e. The van der Waals surface area contributed by atoms with Crippen molar-refractivity contribution in [2.75, 3.05) is 0 Å². The summed E-state index contributed by atoms with van der Waals surface area (Å²) in [5, 5.41) is 0. The number of hydrogen-bond acceptors (Lipinski definition) is 19. The second kappa shape index (κ2) is 19.1. The largest absolute Gasteiger partial charge is 0.794 e. The van der Waals surface area contributed by atoms with Crippen LogP contribution in [0.1, 0.15) is 0 Å². The van der Waals surface area contributed by atoms with E-state index in [1.54, 1.807) is 0 Å². The predicted octanol–water partition coefficient (Wildman–Crippen LogP) is -14.2. The van der Waals surface area contributed by atoms with Crippen LogP contribution in [0.3, 0.4) is 0 Å². The Kier molecular flexibility index (Phi) is 32.3. The van der Waals surface area contributed by atoms with Crippen molar-refractivity contribution < 1.29 is 222 Å². The van der Waals surface area contributed by atoms with Gasteiger partial charge in [0.25, 0.3) is 0 Å². The minimum absolute atomic E-state index is 0. The van der Waals surface area contributed by atoms with E-state index in [0.29, 0.717) is 0 Å². The summed E-state index contributed by atoms with van der Waals surface area (Å²) in [4.78, 5) is 134. The van der Waals surface area contributed by atoms with Crippen molar-refractivity contribution in [3.63, 3.8) is 0 Å². The molecule has 31 heavy (non-hydrogen) atoms. The Morgan fingerprint density at radius 3 is 0.581 bits per heavy atom.